The second-order valence-electron chi connectivity index (χ2n) is 14.0. The van der Waals surface area contributed by atoms with Crippen LogP contribution < -0.4 is 0 Å². The summed E-state index contributed by atoms with van der Waals surface area (Å²) in [6.45, 7) is 6.42. The van der Waals surface area contributed by atoms with Gasteiger partial charge in [0, 0.05) is 0 Å². The predicted octanol–water partition coefficient (Wildman–Crippen LogP) is 2.24. The van der Waals surface area contributed by atoms with Crippen molar-refractivity contribution >= 4 is 11.9 Å². The van der Waals surface area contributed by atoms with Crippen LogP contribution in [0.15, 0.2) is 30.3 Å². The van der Waals surface area contributed by atoms with Gasteiger partial charge in [-0.3, -0.25) is 0 Å². The first kappa shape index (κ1) is 41.5. The molecule has 290 valence electrons. The molecule has 12 unspecified atom stereocenters. The van der Waals surface area contributed by atoms with Crippen molar-refractivity contribution in [2.24, 2.45) is 11.8 Å². The van der Waals surface area contributed by atoms with Crippen LogP contribution in [0.4, 0.5) is 0 Å². The highest BCUT2D eigenvalue weighted by Crippen LogP contribution is 2.34. The van der Waals surface area contributed by atoms with Gasteiger partial charge in [0.2, 0.25) is 0 Å². The molecule has 51 heavy (non-hydrogen) atoms. The van der Waals surface area contributed by atoms with Crippen LogP contribution in [-0.2, 0) is 38.0 Å². The van der Waals surface area contributed by atoms with E-state index in [1.165, 1.54) is 0 Å². The highest BCUT2D eigenvalue weighted by Gasteiger charge is 2.51. The fraction of sp³-hybridized carbons (Fsp3) is 0.784. The van der Waals surface area contributed by atoms with Crippen molar-refractivity contribution < 1.29 is 68.3 Å². The SMILES string of the molecule is CCCC(C)C(COC1OC(CO)C(O)C(O[C@@H](CC2CCCCC2)C(=O)OCC)C1OC(=O)c1ccccc1)OC1OC(C)C(O)C(O)C1O. The van der Waals surface area contributed by atoms with Crippen molar-refractivity contribution in [1.82, 2.24) is 0 Å². The van der Waals surface area contributed by atoms with E-state index in [0.717, 1.165) is 38.5 Å². The molecule has 0 amide bonds. The van der Waals surface area contributed by atoms with Crippen molar-refractivity contribution in [3.63, 3.8) is 0 Å². The molecule has 0 radical (unpaired) electrons. The minimum absolute atomic E-state index is 0.114. The molecule has 3 fully saturated rings. The lowest BCUT2D eigenvalue weighted by atomic mass is 9.85. The van der Waals surface area contributed by atoms with Gasteiger partial charge in [-0.1, -0.05) is 70.6 Å². The van der Waals surface area contributed by atoms with E-state index >= 15 is 0 Å². The second-order valence-corrected chi connectivity index (χ2v) is 14.0. The molecular formula is C37H58O14. The van der Waals surface area contributed by atoms with Gasteiger partial charge in [0.05, 0.1) is 37.6 Å². The molecule has 14 heteroatoms. The molecule has 1 aromatic carbocycles. The number of carbonyl (C=O) groups is 2. The molecule has 1 aliphatic carbocycles. The summed E-state index contributed by atoms with van der Waals surface area (Å²) in [5, 5.41) is 53.0. The quantitative estimate of drug-likeness (QED) is 0.146. The van der Waals surface area contributed by atoms with Crippen molar-refractivity contribution in [3.8, 4) is 0 Å². The normalized spacial score (nSPS) is 33.6. The summed E-state index contributed by atoms with van der Waals surface area (Å²) >= 11 is 0. The van der Waals surface area contributed by atoms with E-state index in [1.54, 1.807) is 44.2 Å². The van der Waals surface area contributed by atoms with Gasteiger partial charge in [-0.2, -0.15) is 0 Å². The zero-order chi connectivity index (χ0) is 37.1. The fourth-order valence-corrected chi connectivity index (χ4v) is 7.05. The van der Waals surface area contributed by atoms with E-state index < -0.39 is 92.2 Å². The van der Waals surface area contributed by atoms with Crippen LogP contribution >= 0.6 is 0 Å². The summed E-state index contributed by atoms with van der Waals surface area (Å²) in [6, 6.07) is 8.21. The molecule has 5 N–H and O–H groups in total. The number of carbonyl (C=O) groups excluding carboxylic acids is 2. The second kappa shape index (κ2) is 20.3. The molecule has 3 aliphatic rings. The molecule has 0 bridgehead atoms. The van der Waals surface area contributed by atoms with Gasteiger partial charge < -0.3 is 58.7 Å². The third-order valence-corrected chi connectivity index (χ3v) is 10.1. The molecular weight excluding hydrogens is 668 g/mol. The molecule has 4 rings (SSSR count). The van der Waals surface area contributed by atoms with E-state index in [1.807, 2.05) is 13.8 Å². The Hall–Kier alpha value is -2.24. The average Bonchev–Trinajstić information content (AvgIpc) is 3.13. The smallest absolute Gasteiger partial charge is 0.338 e. The van der Waals surface area contributed by atoms with Crippen molar-refractivity contribution in [3.05, 3.63) is 35.9 Å². The summed E-state index contributed by atoms with van der Waals surface area (Å²) in [7, 11) is 0. The van der Waals surface area contributed by atoms with Crippen molar-refractivity contribution in [2.45, 2.75) is 153 Å². The van der Waals surface area contributed by atoms with Gasteiger partial charge in [-0.25, -0.2) is 9.59 Å². The molecule has 1 aromatic rings. The number of benzene rings is 1. The Kier molecular flexibility index (Phi) is 16.5. The lowest BCUT2D eigenvalue weighted by Crippen LogP contribution is -2.63. The molecule has 0 spiro atoms. The maximum Gasteiger partial charge on any atom is 0.338 e. The lowest BCUT2D eigenvalue weighted by molar-refractivity contribution is -0.332. The van der Waals surface area contributed by atoms with Crippen LogP contribution in [0.2, 0.25) is 0 Å². The first-order valence-corrected chi connectivity index (χ1v) is 18.5. The van der Waals surface area contributed by atoms with Gasteiger partial charge in [-0.05, 0) is 50.7 Å². The summed E-state index contributed by atoms with van der Waals surface area (Å²) in [5.74, 6) is -1.35. The predicted molar refractivity (Wildman–Crippen MR) is 181 cm³/mol. The topological polar surface area (TPSA) is 200 Å². The van der Waals surface area contributed by atoms with Gasteiger partial charge in [0.15, 0.2) is 24.8 Å². The van der Waals surface area contributed by atoms with E-state index in [9.17, 15) is 35.1 Å². The number of aliphatic hydroxyl groups is 5. The Bertz CT molecular complexity index is 1180. The van der Waals surface area contributed by atoms with E-state index in [4.69, 9.17) is 33.2 Å². The number of rotatable bonds is 17. The maximum atomic E-state index is 13.5. The van der Waals surface area contributed by atoms with Crippen LogP contribution in [0.5, 0.6) is 0 Å². The maximum absolute atomic E-state index is 13.5. The number of hydrogen-bond acceptors (Lipinski definition) is 14. The van der Waals surface area contributed by atoms with Crippen molar-refractivity contribution in [1.29, 1.82) is 0 Å². The number of hydrogen-bond donors (Lipinski definition) is 5. The molecule has 0 aromatic heterocycles. The standard InChI is InChI=1S/C37H58O14/c1-5-13-21(3)27(50-36-31(42)30(41)28(39)22(4)47-36)20-46-37-33(51-34(43)24-16-11-8-12-17-24)32(29(40)26(19-38)49-37)48-25(35(44)45-6-2)18-23-14-9-7-10-15-23/h8,11-12,16-17,21-23,25-33,36-42H,5-7,9-10,13-15,18-20H2,1-4H3/t21?,22?,25-,26?,27?,28?,29?,30?,31?,32?,33?,36?,37?/m0/s1. The monoisotopic (exact) mass is 726 g/mol. The third kappa shape index (κ3) is 11.1. The van der Waals surface area contributed by atoms with Crippen molar-refractivity contribution in [2.75, 3.05) is 19.8 Å². The number of esters is 2. The van der Waals surface area contributed by atoms with E-state index in [0.29, 0.717) is 12.8 Å². The summed E-state index contributed by atoms with van der Waals surface area (Å²) < 4.78 is 41.9. The zero-order valence-corrected chi connectivity index (χ0v) is 30.2. The first-order valence-electron chi connectivity index (χ1n) is 18.5. The molecule has 13 atom stereocenters. The first-order chi connectivity index (χ1) is 24.5. The average molecular weight is 727 g/mol. The van der Waals surface area contributed by atoms with Crippen LogP contribution in [0.1, 0.15) is 89.4 Å². The number of ether oxygens (including phenoxy) is 7. The Morgan fingerprint density at radius 1 is 0.882 bits per heavy atom. The molecule has 2 aliphatic heterocycles. The highest BCUT2D eigenvalue weighted by atomic mass is 16.7. The lowest BCUT2D eigenvalue weighted by Gasteiger charge is -2.45. The molecule has 14 nitrogen and oxygen atoms in total. The Morgan fingerprint density at radius 3 is 2.24 bits per heavy atom. The zero-order valence-electron chi connectivity index (χ0n) is 30.2. The van der Waals surface area contributed by atoms with Crippen LogP contribution in [0.25, 0.3) is 0 Å². The van der Waals surface area contributed by atoms with Gasteiger partial charge in [-0.15, -0.1) is 0 Å². The van der Waals surface area contributed by atoms with Gasteiger partial charge in [0.1, 0.15) is 36.6 Å². The summed E-state index contributed by atoms with van der Waals surface area (Å²) in [4.78, 5) is 26.8. The van der Waals surface area contributed by atoms with Crippen LogP contribution in [-0.4, -0.2) is 131 Å². The Labute approximate surface area is 300 Å². The highest BCUT2D eigenvalue weighted by molar-refractivity contribution is 5.89. The Balaban J connectivity index is 1.63. The van der Waals surface area contributed by atoms with Gasteiger partial charge in [0.25, 0.3) is 0 Å². The van der Waals surface area contributed by atoms with Crippen LogP contribution in [0, 0.1) is 11.8 Å². The Morgan fingerprint density at radius 2 is 1.59 bits per heavy atom. The van der Waals surface area contributed by atoms with Crippen LogP contribution in [0.3, 0.4) is 0 Å². The minimum atomic E-state index is -1.55. The molecule has 1 saturated carbocycles. The largest absolute Gasteiger partial charge is 0.464 e. The summed E-state index contributed by atoms with van der Waals surface area (Å²) in [6.07, 6.45) is -8.51. The fourth-order valence-electron chi connectivity index (χ4n) is 7.05. The third-order valence-electron chi connectivity index (χ3n) is 10.1. The molecule has 2 heterocycles. The van der Waals surface area contributed by atoms with E-state index in [2.05, 4.69) is 0 Å². The summed E-state index contributed by atoms with van der Waals surface area (Å²) in [5.41, 5.74) is 0.217. The number of aliphatic hydroxyl groups excluding tert-OH is 5. The molecule has 2 saturated heterocycles. The van der Waals surface area contributed by atoms with Gasteiger partial charge >= 0.3 is 11.9 Å². The minimum Gasteiger partial charge on any atom is -0.464 e. The van der Waals surface area contributed by atoms with E-state index in [-0.39, 0.29) is 30.6 Å².